The minimum atomic E-state index is -4.64. The fraction of sp³-hybridized carbons (Fsp3) is 0.385. The molecule has 10 nitrogen and oxygen atoms in total. The van der Waals surface area contributed by atoms with Crippen molar-refractivity contribution in [3.8, 4) is 5.75 Å². The Morgan fingerprint density at radius 1 is 1.05 bits per heavy atom. The van der Waals surface area contributed by atoms with Gasteiger partial charge in [0.25, 0.3) is 0 Å². The number of fused-ring (bicyclic) bond motifs is 3. The standard InChI is InChI=1S/C26H34N5O5P/c1-3-4-5-23-30-24-25(31(23)16-19-7-9-22(17(2)14-19)36-37(32,33)34)20-8-6-18(10-12-35-13-11-27)15-21(20)29-26(24)28/h6-9,14-15H,3-5,10-13,16,27H2,1-2H3,(H2,28,29)(H2,32,33,34). The summed E-state index contributed by atoms with van der Waals surface area (Å²) in [5.74, 6) is 1.46. The van der Waals surface area contributed by atoms with Crippen LogP contribution in [0.1, 0.15) is 42.3 Å². The van der Waals surface area contributed by atoms with Crippen LogP contribution in [0.15, 0.2) is 36.4 Å². The Bertz CT molecular complexity index is 1450. The molecule has 4 aromatic rings. The first-order valence-corrected chi connectivity index (χ1v) is 13.9. The van der Waals surface area contributed by atoms with Crippen LogP contribution >= 0.6 is 7.82 Å². The molecule has 0 aliphatic heterocycles. The number of aromatic nitrogens is 3. The van der Waals surface area contributed by atoms with Gasteiger partial charge in [-0.3, -0.25) is 9.79 Å². The van der Waals surface area contributed by atoms with Crippen molar-refractivity contribution in [3.05, 3.63) is 58.9 Å². The summed E-state index contributed by atoms with van der Waals surface area (Å²) in [6, 6.07) is 11.4. The van der Waals surface area contributed by atoms with Crippen LogP contribution in [0.3, 0.4) is 0 Å². The maximum atomic E-state index is 11.3. The normalized spacial score (nSPS) is 12.0. The molecule has 0 saturated heterocycles. The Kier molecular flexibility index (Phi) is 8.46. The van der Waals surface area contributed by atoms with Crippen molar-refractivity contribution >= 4 is 35.6 Å². The monoisotopic (exact) mass is 527 g/mol. The number of hydrogen-bond donors (Lipinski definition) is 4. The molecular formula is C26H34N5O5P. The second kappa shape index (κ2) is 11.6. The number of pyridine rings is 1. The topological polar surface area (TPSA) is 159 Å². The second-order valence-corrected chi connectivity index (χ2v) is 10.3. The van der Waals surface area contributed by atoms with Gasteiger partial charge in [-0.1, -0.05) is 37.6 Å². The molecule has 2 heterocycles. The van der Waals surface area contributed by atoms with Crippen molar-refractivity contribution in [1.29, 1.82) is 0 Å². The largest absolute Gasteiger partial charge is 0.524 e. The van der Waals surface area contributed by atoms with Gasteiger partial charge in [-0.05, 0) is 48.6 Å². The molecule has 2 aromatic carbocycles. The van der Waals surface area contributed by atoms with Gasteiger partial charge in [0.15, 0.2) is 5.82 Å². The van der Waals surface area contributed by atoms with E-state index in [1.165, 1.54) is 0 Å². The number of aryl methyl sites for hydroxylation is 2. The number of phosphoric ester groups is 1. The summed E-state index contributed by atoms with van der Waals surface area (Å²) in [4.78, 5) is 27.9. The van der Waals surface area contributed by atoms with Crippen LogP contribution in [0.25, 0.3) is 21.9 Å². The van der Waals surface area contributed by atoms with Crippen molar-refractivity contribution in [2.24, 2.45) is 5.73 Å². The predicted molar refractivity (Wildman–Crippen MR) is 145 cm³/mol. The van der Waals surface area contributed by atoms with Crippen molar-refractivity contribution < 1.29 is 23.6 Å². The van der Waals surface area contributed by atoms with Crippen LogP contribution in [-0.2, 0) is 28.7 Å². The molecule has 6 N–H and O–H groups in total. The molecule has 11 heteroatoms. The Morgan fingerprint density at radius 2 is 1.84 bits per heavy atom. The van der Waals surface area contributed by atoms with E-state index in [1.807, 2.05) is 12.1 Å². The zero-order valence-corrected chi connectivity index (χ0v) is 22.1. The molecular weight excluding hydrogens is 493 g/mol. The average Bonchev–Trinajstić information content (AvgIpc) is 3.20. The summed E-state index contributed by atoms with van der Waals surface area (Å²) in [7, 11) is -4.64. The SMILES string of the molecule is CCCCc1nc2c(N)nc3cc(CCOCCN)ccc3c2n1Cc1ccc(OP(=O)(O)O)c(C)c1. The number of unbranched alkanes of at least 4 members (excludes halogenated alkanes) is 1. The lowest BCUT2D eigenvalue weighted by Gasteiger charge is -2.14. The van der Waals surface area contributed by atoms with E-state index in [4.69, 9.17) is 25.7 Å². The smallest absolute Gasteiger partial charge is 0.404 e. The van der Waals surface area contributed by atoms with Crippen LogP contribution in [0.2, 0.25) is 0 Å². The highest BCUT2D eigenvalue weighted by Gasteiger charge is 2.20. The van der Waals surface area contributed by atoms with Gasteiger partial charge >= 0.3 is 7.82 Å². The number of rotatable bonds is 12. The number of imidazole rings is 1. The molecule has 0 saturated carbocycles. The summed E-state index contributed by atoms with van der Waals surface area (Å²) in [6.07, 6.45) is 3.55. The van der Waals surface area contributed by atoms with Crippen molar-refractivity contribution in [2.45, 2.75) is 46.1 Å². The number of ether oxygens (including phenoxy) is 1. The number of nitrogen functional groups attached to an aromatic ring is 1. The second-order valence-electron chi connectivity index (χ2n) is 9.10. The molecule has 0 aliphatic carbocycles. The molecule has 0 bridgehead atoms. The molecule has 0 amide bonds. The average molecular weight is 528 g/mol. The van der Waals surface area contributed by atoms with Crippen LogP contribution in [0.5, 0.6) is 5.75 Å². The summed E-state index contributed by atoms with van der Waals surface area (Å²) < 4.78 is 23.8. The molecule has 0 atom stereocenters. The number of hydrogen-bond acceptors (Lipinski definition) is 7. The Balaban J connectivity index is 1.76. The lowest BCUT2D eigenvalue weighted by atomic mass is 10.1. The van der Waals surface area contributed by atoms with Gasteiger partial charge in [0.05, 0.1) is 24.2 Å². The van der Waals surface area contributed by atoms with E-state index in [-0.39, 0.29) is 5.75 Å². The van der Waals surface area contributed by atoms with Gasteiger partial charge in [-0.25, -0.2) is 14.5 Å². The summed E-state index contributed by atoms with van der Waals surface area (Å²) >= 11 is 0. The number of nitrogens with two attached hydrogens (primary N) is 2. The molecule has 198 valence electrons. The van der Waals surface area contributed by atoms with Gasteiger partial charge < -0.3 is 25.3 Å². The lowest BCUT2D eigenvalue weighted by molar-refractivity contribution is 0.145. The molecule has 37 heavy (non-hydrogen) atoms. The van der Waals surface area contributed by atoms with E-state index in [9.17, 15) is 14.4 Å². The van der Waals surface area contributed by atoms with E-state index in [1.54, 1.807) is 19.1 Å². The predicted octanol–water partition coefficient (Wildman–Crippen LogP) is 3.86. The van der Waals surface area contributed by atoms with Gasteiger partial charge in [0, 0.05) is 24.9 Å². The van der Waals surface area contributed by atoms with Crippen LogP contribution in [0, 0.1) is 6.92 Å². The van der Waals surface area contributed by atoms with Crippen molar-refractivity contribution in [3.63, 3.8) is 0 Å². The van der Waals surface area contributed by atoms with E-state index < -0.39 is 7.82 Å². The summed E-state index contributed by atoms with van der Waals surface area (Å²) in [5.41, 5.74) is 17.0. The fourth-order valence-corrected chi connectivity index (χ4v) is 4.91. The molecule has 0 fully saturated rings. The minimum Gasteiger partial charge on any atom is -0.404 e. The van der Waals surface area contributed by atoms with Gasteiger partial charge in [-0.15, -0.1) is 0 Å². The fourth-order valence-electron chi connectivity index (χ4n) is 4.45. The highest BCUT2D eigenvalue weighted by atomic mass is 31.2. The molecule has 0 unspecified atom stereocenters. The van der Waals surface area contributed by atoms with Gasteiger partial charge in [0.1, 0.15) is 17.1 Å². The molecule has 0 radical (unpaired) electrons. The van der Waals surface area contributed by atoms with Gasteiger partial charge in [0.2, 0.25) is 0 Å². The summed E-state index contributed by atoms with van der Waals surface area (Å²) in [6.45, 7) is 6.03. The molecule has 4 rings (SSSR count). The van der Waals surface area contributed by atoms with Crippen LogP contribution < -0.4 is 16.0 Å². The maximum Gasteiger partial charge on any atom is 0.524 e. The molecule has 2 aromatic heterocycles. The van der Waals surface area contributed by atoms with Crippen LogP contribution in [-0.4, -0.2) is 44.1 Å². The summed E-state index contributed by atoms with van der Waals surface area (Å²) in [5, 5.41) is 0.962. The van der Waals surface area contributed by atoms with Gasteiger partial charge in [-0.2, -0.15) is 0 Å². The third-order valence-electron chi connectivity index (χ3n) is 6.20. The first-order chi connectivity index (χ1) is 17.7. The Morgan fingerprint density at radius 3 is 2.54 bits per heavy atom. The molecule has 0 aliphatic rings. The Hall–Kier alpha value is -3.01. The third kappa shape index (κ3) is 6.47. The number of phosphoric acid groups is 1. The van der Waals surface area contributed by atoms with Crippen LogP contribution in [0.4, 0.5) is 5.82 Å². The number of nitrogens with zero attached hydrogens (tertiary/aromatic N) is 3. The van der Waals surface area contributed by atoms with Crippen molar-refractivity contribution in [1.82, 2.24) is 14.5 Å². The zero-order valence-electron chi connectivity index (χ0n) is 21.2. The maximum absolute atomic E-state index is 11.3. The van der Waals surface area contributed by atoms with E-state index in [0.717, 1.165) is 59.1 Å². The molecule has 0 spiro atoms. The van der Waals surface area contributed by atoms with E-state index in [2.05, 4.69) is 28.6 Å². The zero-order chi connectivity index (χ0) is 26.6. The lowest BCUT2D eigenvalue weighted by Crippen LogP contribution is -2.10. The van der Waals surface area contributed by atoms with E-state index in [0.29, 0.717) is 43.2 Å². The Labute approximate surface area is 215 Å². The third-order valence-corrected chi connectivity index (χ3v) is 6.63. The number of anilines is 1. The highest BCUT2D eigenvalue weighted by Crippen LogP contribution is 2.39. The van der Waals surface area contributed by atoms with E-state index >= 15 is 0 Å². The number of benzene rings is 2. The first-order valence-electron chi connectivity index (χ1n) is 12.4. The first kappa shape index (κ1) is 27.0. The quantitative estimate of drug-likeness (QED) is 0.158. The minimum absolute atomic E-state index is 0.153. The van der Waals surface area contributed by atoms with Crippen molar-refractivity contribution in [2.75, 3.05) is 25.5 Å². The highest BCUT2D eigenvalue weighted by molar-refractivity contribution is 7.46.